The van der Waals surface area contributed by atoms with Gasteiger partial charge in [0.2, 0.25) is 5.91 Å². The van der Waals surface area contributed by atoms with Gasteiger partial charge in [0.15, 0.2) is 11.0 Å². The number of aromatic nitrogens is 3. The number of hydrogen-bond acceptors (Lipinski definition) is 6. The highest BCUT2D eigenvalue weighted by molar-refractivity contribution is 8.15. The van der Waals surface area contributed by atoms with Crippen LogP contribution in [-0.4, -0.2) is 44.7 Å². The number of urea groups is 1. The normalized spacial score (nSPS) is 14.6. The van der Waals surface area contributed by atoms with Crippen molar-refractivity contribution in [1.29, 1.82) is 0 Å². The Hall–Kier alpha value is -4.65. The number of amides is 3. The molecule has 1 aromatic heterocycles. The molecule has 4 aromatic rings. The van der Waals surface area contributed by atoms with Gasteiger partial charge >= 0.3 is 12.2 Å². The molecule has 222 valence electrons. The second kappa shape index (κ2) is 11.9. The molecule has 0 saturated carbocycles. The quantitative estimate of drug-likeness (QED) is 0.252. The van der Waals surface area contributed by atoms with Crippen molar-refractivity contribution in [2.45, 2.75) is 32.9 Å². The van der Waals surface area contributed by atoms with Gasteiger partial charge in [-0.05, 0) is 72.5 Å². The summed E-state index contributed by atoms with van der Waals surface area (Å²) in [4.78, 5) is 35.7. The van der Waals surface area contributed by atoms with Crippen molar-refractivity contribution < 1.29 is 27.5 Å². The van der Waals surface area contributed by atoms with E-state index in [0.29, 0.717) is 34.2 Å². The number of methoxy groups -OCH3 is 1. The Labute approximate surface area is 249 Å². The van der Waals surface area contributed by atoms with Crippen LogP contribution in [0.1, 0.15) is 36.5 Å². The third-order valence-corrected chi connectivity index (χ3v) is 7.66. The first-order valence-electron chi connectivity index (χ1n) is 13.2. The molecule has 5 rings (SSSR count). The van der Waals surface area contributed by atoms with Crippen LogP contribution >= 0.6 is 11.8 Å². The molecule has 1 saturated heterocycles. The molecule has 0 bridgehead atoms. The Balaban J connectivity index is 1.33. The summed E-state index contributed by atoms with van der Waals surface area (Å²) in [7, 11) is 1.55. The lowest BCUT2D eigenvalue weighted by Gasteiger charge is -2.22. The van der Waals surface area contributed by atoms with Crippen LogP contribution < -0.4 is 15.0 Å². The highest BCUT2D eigenvalue weighted by atomic mass is 32.2. The van der Waals surface area contributed by atoms with E-state index >= 15 is 0 Å². The minimum Gasteiger partial charge on any atom is -0.497 e. The van der Waals surface area contributed by atoms with Crippen molar-refractivity contribution in [3.63, 3.8) is 0 Å². The van der Waals surface area contributed by atoms with Crippen LogP contribution in [0, 0.1) is 6.92 Å². The van der Waals surface area contributed by atoms with E-state index in [4.69, 9.17) is 4.74 Å². The second-order valence-corrected chi connectivity index (χ2v) is 11.0. The average molecular weight is 609 g/mol. The number of carbonyl (C=O) groups is 2. The van der Waals surface area contributed by atoms with Gasteiger partial charge in [-0.25, -0.2) is 14.5 Å². The molecule has 1 N–H and O–H groups in total. The maximum Gasteiger partial charge on any atom is 0.416 e. The van der Waals surface area contributed by atoms with Crippen LogP contribution in [0.2, 0.25) is 0 Å². The van der Waals surface area contributed by atoms with E-state index in [0.717, 1.165) is 23.3 Å². The molecule has 13 heteroatoms. The van der Waals surface area contributed by atoms with E-state index in [-0.39, 0.29) is 22.7 Å². The number of benzene rings is 3. The lowest BCUT2D eigenvalue weighted by atomic mass is 10.00. The fraction of sp³-hybridized carbons (Fsp3) is 0.233. The number of alkyl halides is 3. The third kappa shape index (κ3) is 6.41. The van der Waals surface area contributed by atoms with Crippen LogP contribution in [0.4, 0.5) is 29.3 Å². The Morgan fingerprint density at radius 3 is 2.49 bits per heavy atom. The monoisotopic (exact) mass is 608 g/mol. The van der Waals surface area contributed by atoms with Gasteiger partial charge < -0.3 is 10.1 Å². The first-order valence-corrected chi connectivity index (χ1v) is 14.2. The lowest BCUT2D eigenvalue weighted by molar-refractivity contribution is -0.137. The molecule has 1 aliphatic rings. The molecule has 1 aliphatic heterocycles. The summed E-state index contributed by atoms with van der Waals surface area (Å²) in [5.41, 5.74) is 3.13. The fourth-order valence-electron chi connectivity index (χ4n) is 4.56. The predicted octanol–water partition coefficient (Wildman–Crippen LogP) is 7.06. The van der Waals surface area contributed by atoms with Crippen molar-refractivity contribution in [1.82, 2.24) is 14.8 Å². The summed E-state index contributed by atoms with van der Waals surface area (Å²) in [5.74, 6) is 1.04. The van der Waals surface area contributed by atoms with Crippen molar-refractivity contribution in [2.75, 3.05) is 23.1 Å². The summed E-state index contributed by atoms with van der Waals surface area (Å²) < 4.78 is 45.4. The van der Waals surface area contributed by atoms with E-state index in [1.165, 1.54) is 39.8 Å². The summed E-state index contributed by atoms with van der Waals surface area (Å²) in [6, 6.07) is 14.6. The van der Waals surface area contributed by atoms with Gasteiger partial charge in [-0.3, -0.25) is 9.69 Å². The maximum atomic E-state index is 12.9. The fourth-order valence-corrected chi connectivity index (χ4v) is 5.42. The molecular formula is C30H27F3N6O3S. The zero-order valence-electron chi connectivity index (χ0n) is 23.6. The number of thioether (sulfide) groups is 1. The molecule has 0 atom stereocenters. The average Bonchev–Trinajstić information content (AvgIpc) is 3.59. The van der Waals surface area contributed by atoms with Gasteiger partial charge in [-0.15, -0.1) is 5.10 Å². The Bertz CT molecular complexity index is 1720. The Kier molecular flexibility index (Phi) is 8.27. The van der Waals surface area contributed by atoms with E-state index in [1.54, 1.807) is 31.4 Å². The predicted molar refractivity (Wildman–Crippen MR) is 160 cm³/mol. The first kappa shape index (κ1) is 29.8. The van der Waals surface area contributed by atoms with Gasteiger partial charge in [0, 0.05) is 17.3 Å². The van der Waals surface area contributed by atoms with E-state index in [2.05, 4.69) is 20.4 Å². The summed E-state index contributed by atoms with van der Waals surface area (Å²) >= 11 is 1.18. The smallest absolute Gasteiger partial charge is 0.416 e. The number of halogens is 3. The number of carbonyl (C=O) groups excluding carboxylic acids is 2. The zero-order valence-corrected chi connectivity index (χ0v) is 24.5. The van der Waals surface area contributed by atoms with Crippen LogP contribution in [0.3, 0.4) is 0 Å². The molecule has 3 amide bonds. The number of nitrogens with one attached hydrogen (secondary N) is 1. The van der Waals surface area contributed by atoms with Crippen LogP contribution in [0.15, 0.2) is 72.0 Å². The zero-order chi connectivity index (χ0) is 30.9. The van der Waals surface area contributed by atoms with Crippen molar-refractivity contribution in [2.24, 2.45) is 4.99 Å². The molecule has 2 heterocycles. The molecule has 0 unspecified atom stereocenters. The van der Waals surface area contributed by atoms with Gasteiger partial charge in [0.25, 0.3) is 0 Å². The van der Waals surface area contributed by atoms with Crippen LogP contribution in [-0.2, 0) is 11.0 Å². The first-order chi connectivity index (χ1) is 20.4. The highest BCUT2D eigenvalue weighted by Crippen LogP contribution is 2.36. The third-order valence-electron chi connectivity index (χ3n) is 6.73. The van der Waals surface area contributed by atoms with E-state index in [1.807, 2.05) is 32.9 Å². The minimum atomic E-state index is -4.42. The van der Waals surface area contributed by atoms with E-state index < -0.39 is 17.8 Å². The number of amidine groups is 1. The number of aliphatic imine (C=N–C) groups is 1. The van der Waals surface area contributed by atoms with Gasteiger partial charge in [0.05, 0.1) is 29.8 Å². The molecule has 43 heavy (non-hydrogen) atoms. The summed E-state index contributed by atoms with van der Waals surface area (Å²) in [6.45, 7) is 5.85. The standard InChI is InChI=1S/C30H27F3N6O3S/c1-17(2)23-12-10-22(42-4)14-25(23)39-26(40)15-43-29(39)36-28(41)35-20-7-11-24(18(3)13-20)27-34-16-38(37-27)21-8-5-19(6-9-21)30(31,32)33/h5-14,16-17H,15H2,1-4H3,(H,35,41)/b36-29-. The van der Waals surface area contributed by atoms with Crippen molar-refractivity contribution in [3.8, 4) is 22.8 Å². The topological polar surface area (TPSA) is 102 Å². The van der Waals surface area contributed by atoms with E-state index in [9.17, 15) is 22.8 Å². The maximum absolute atomic E-state index is 12.9. The number of aryl methyl sites for hydroxylation is 1. The lowest BCUT2D eigenvalue weighted by Crippen LogP contribution is -2.31. The molecule has 3 aromatic carbocycles. The highest BCUT2D eigenvalue weighted by Gasteiger charge is 2.33. The number of nitrogens with zero attached hydrogens (tertiary/aromatic N) is 5. The Morgan fingerprint density at radius 2 is 1.84 bits per heavy atom. The molecular weight excluding hydrogens is 581 g/mol. The largest absolute Gasteiger partial charge is 0.497 e. The molecule has 0 spiro atoms. The minimum absolute atomic E-state index is 0.117. The number of hydrogen-bond donors (Lipinski definition) is 1. The van der Waals surface area contributed by atoms with Crippen LogP contribution in [0.5, 0.6) is 5.75 Å². The summed E-state index contributed by atoms with van der Waals surface area (Å²) in [5, 5.41) is 7.42. The Morgan fingerprint density at radius 1 is 1.09 bits per heavy atom. The molecule has 9 nitrogen and oxygen atoms in total. The number of anilines is 2. The van der Waals surface area contributed by atoms with Crippen molar-refractivity contribution in [3.05, 3.63) is 83.7 Å². The molecule has 0 radical (unpaired) electrons. The van der Waals surface area contributed by atoms with Gasteiger partial charge in [0.1, 0.15) is 12.1 Å². The number of ether oxygens (including phenoxy) is 1. The van der Waals surface area contributed by atoms with Gasteiger partial charge in [-0.2, -0.15) is 18.2 Å². The molecule has 1 fully saturated rings. The van der Waals surface area contributed by atoms with Crippen LogP contribution in [0.25, 0.3) is 17.1 Å². The molecule has 0 aliphatic carbocycles. The number of rotatable bonds is 6. The second-order valence-electron chi connectivity index (χ2n) is 10.0. The summed E-state index contributed by atoms with van der Waals surface area (Å²) in [6.07, 6.45) is -3.01. The van der Waals surface area contributed by atoms with Gasteiger partial charge in [-0.1, -0.05) is 31.7 Å². The van der Waals surface area contributed by atoms with Crippen molar-refractivity contribution >= 4 is 40.2 Å². The SMILES string of the molecule is COc1ccc(C(C)C)c(N2C(=O)CS/C2=N\C(=O)Nc2ccc(-c3ncn(-c4ccc(C(F)(F)F)cc4)n3)c(C)c2)c1.